The van der Waals surface area contributed by atoms with Crippen molar-refractivity contribution in [3.8, 4) is 0 Å². The highest BCUT2D eigenvalue weighted by Gasteiger charge is 2.21. The van der Waals surface area contributed by atoms with Gasteiger partial charge in [0.1, 0.15) is 16.3 Å². The zero-order valence-electron chi connectivity index (χ0n) is 17.1. The molecule has 0 spiro atoms. The lowest BCUT2D eigenvalue weighted by atomic mass is 10.2. The van der Waals surface area contributed by atoms with E-state index in [1.54, 1.807) is 32.0 Å². The second kappa shape index (κ2) is 8.97. The highest BCUT2D eigenvalue weighted by Crippen LogP contribution is 2.27. The minimum absolute atomic E-state index is 0.209. The van der Waals surface area contributed by atoms with E-state index >= 15 is 0 Å². The van der Waals surface area contributed by atoms with Crippen LogP contribution in [0.25, 0.3) is 10.2 Å². The first kappa shape index (κ1) is 22.0. The molecule has 0 aliphatic rings. The predicted octanol–water partition coefficient (Wildman–Crippen LogP) is 4.18. The fourth-order valence-corrected chi connectivity index (χ4v) is 4.07. The normalized spacial score (nSPS) is 11.1. The van der Waals surface area contributed by atoms with E-state index in [2.05, 4.69) is 10.3 Å². The number of carbonyl (C=O) groups is 2. The number of ether oxygens (including phenoxy) is 1. The van der Waals surface area contributed by atoms with Gasteiger partial charge in [-0.3, -0.25) is 14.2 Å². The largest absolute Gasteiger partial charge is 0.461 e. The van der Waals surface area contributed by atoms with Crippen LogP contribution in [0.2, 0.25) is 5.02 Å². The van der Waals surface area contributed by atoms with Crippen LogP contribution in [-0.2, 0) is 16.1 Å². The van der Waals surface area contributed by atoms with Gasteiger partial charge in [0.2, 0.25) is 5.91 Å². The number of rotatable bonds is 6. The van der Waals surface area contributed by atoms with Gasteiger partial charge in [-0.15, -0.1) is 11.3 Å². The van der Waals surface area contributed by atoms with Crippen molar-refractivity contribution < 1.29 is 14.3 Å². The van der Waals surface area contributed by atoms with Crippen LogP contribution in [0.5, 0.6) is 0 Å². The van der Waals surface area contributed by atoms with E-state index in [4.69, 9.17) is 16.3 Å². The van der Waals surface area contributed by atoms with Crippen LogP contribution < -0.4 is 10.9 Å². The average molecular weight is 448 g/mol. The molecule has 30 heavy (non-hydrogen) atoms. The summed E-state index contributed by atoms with van der Waals surface area (Å²) in [6, 6.07) is 5.21. The third-order valence-corrected chi connectivity index (χ3v) is 6.10. The van der Waals surface area contributed by atoms with Gasteiger partial charge in [-0.25, -0.2) is 9.78 Å². The molecule has 0 bridgehead atoms. The van der Waals surface area contributed by atoms with E-state index in [1.165, 1.54) is 10.9 Å². The van der Waals surface area contributed by atoms with Crippen molar-refractivity contribution in [1.82, 2.24) is 9.55 Å². The monoisotopic (exact) mass is 447 g/mol. The summed E-state index contributed by atoms with van der Waals surface area (Å²) in [6.45, 7) is 7.46. The SMILES string of the molecule is Cc1c(Cl)cccc1NC(=O)Cn1cnc2sc(C(=O)OCC(C)C)c(C)c2c1=O. The standard InChI is InChI=1S/C21H22ClN3O4S/c1-11(2)9-29-21(28)18-13(4)17-19(30-18)23-10-25(20(17)27)8-16(26)24-15-7-5-6-14(22)12(15)3/h5-7,10-11H,8-9H2,1-4H3,(H,24,26). The number of fused-ring (bicyclic) bond motifs is 1. The number of esters is 1. The number of halogens is 1. The number of hydrogen-bond donors (Lipinski definition) is 1. The van der Waals surface area contributed by atoms with Gasteiger partial charge in [0, 0.05) is 10.7 Å². The molecule has 0 saturated heterocycles. The minimum Gasteiger partial charge on any atom is -0.461 e. The molecular formula is C21H22ClN3O4S. The molecule has 9 heteroatoms. The first-order chi connectivity index (χ1) is 14.2. The van der Waals surface area contributed by atoms with Gasteiger partial charge in [-0.05, 0) is 43.0 Å². The van der Waals surface area contributed by atoms with E-state index in [1.807, 2.05) is 13.8 Å². The van der Waals surface area contributed by atoms with E-state index in [-0.39, 0.29) is 23.9 Å². The molecular weight excluding hydrogens is 426 g/mol. The Balaban J connectivity index is 1.85. The van der Waals surface area contributed by atoms with Crippen LogP contribution in [-0.4, -0.2) is 28.0 Å². The van der Waals surface area contributed by atoms with Crippen molar-refractivity contribution in [2.75, 3.05) is 11.9 Å². The number of amides is 1. The Bertz CT molecular complexity index is 1180. The van der Waals surface area contributed by atoms with Gasteiger partial charge in [0.25, 0.3) is 5.56 Å². The predicted molar refractivity (Wildman–Crippen MR) is 119 cm³/mol. The molecule has 2 aromatic heterocycles. The summed E-state index contributed by atoms with van der Waals surface area (Å²) in [5, 5.41) is 3.62. The fourth-order valence-electron chi connectivity index (χ4n) is 2.86. The third kappa shape index (κ3) is 4.55. The number of nitrogens with one attached hydrogen (secondary N) is 1. The number of nitrogens with zero attached hydrogens (tertiary/aromatic N) is 2. The van der Waals surface area contributed by atoms with Crippen LogP contribution in [0.3, 0.4) is 0 Å². The Morgan fingerprint density at radius 1 is 1.27 bits per heavy atom. The second-order valence-corrected chi connectivity index (χ2v) is 8.77. The highest BCUT2D eigenvalue weighted by molar-refractivity contribution is 7.20. The van der Waals surface area contributed by atoms with E-state index in [9.17, 15) is 14.4 Å². The molecule has 1 amide bonds. The molecule has 1 aromatic carbocycles. The molecule has 1 N–H and O–H groups in total. The molecule has 0 unspecified atom stereocenters. The number of benzene rings is 1. The smallest absolute Gasteiger partial charge is 0.348 e. The van der Waals surface area contributed by atoms with Crippen LogP contribution >= 0.6 is 22.9 Å². The molecule has 0 radical (unpaired) electrons. The maximum atomic E-state index is 12.9. The summed E-state index contributed by atoms with van der Waals surface area (Å²) >= 11 is 7.20. The first-order valence-corrected chi connectivity index (χ1v) is 10.6. The quantitative estimate of drug-likeness (QED) is 0.572. The summed E-state index contributed by atoms with van der Waals surface area (Å²) < 4.78 is 6.50. The zero-order valence-corrected chi connectivity index (χ0v) is 18.7. The molecule has 2 heterocycles. The molecule has 0 saturated carbocycles. The van der Waals surface area contributed by atoms with E-state index in [0.717, 1.165) is 16.9 Å². The molecule has 3 rings (SSSR count). The Kier molecular flexibility index (Phi) is 6.58. The molecule has 0 aliphatic carbocycles. The van der Waals surface area contributed by atoms with Gasteiger partial charge in [0.05, 0.1) is 18.3 Å². The third-order valence-electron chi connectivity index (χ3n) is 4.51. The number of anilines is 1. The molecule has 7 nitrogen and oxygen atoms in total. The molecule has 158 valence electrons. The summed E-state index contributed by atoms with van der Waals surface area (Å²) in [5.74, 6) is -0.641. The van der Waals surface area contributed by atoms with Crippen LogP contribution in [0.1, 0.15) is 34.6 Å². The minimum atomic E-state index is -0.468. The van der Waals surface area contributed by atoms with Crippen LogP contribution in [0.4, 0.5) is 5.69 Å². The lowest BCUT2D eigenvalue weighted by Crippen LogP contribution is -2.28. The van der Waals surface area contributed by atoms with Gasteiger partial charge in [0.15, 0.2) is 0 Å². The number of thiophene rings is 1. The average Bonchev–Trinajstić information content (AvgIpc) is 3.03. The summed E-state index contributed by atoms with van der Waals surface area (Å²) in [5.41, 5.74) is 1.46. The summed E-state index contributed by atoms with van der Waals surface area (Å²) in [6.07, 6.45) is 1.31. The Hall–Kier alpha value is -2.71. The lowest BCUT2D eigenvalue weighted by molar-refractivity contribution is -0.116. The number of aryl methyl sites for hydroxylation is 1. The topological polar surface area (TPSA) is 90.3 Å². The molecule has 3 aromatic rings. The van der Waals surface area contributed by atoms with Gasteiger partial charge in [-0.2, -0.15) is 0 Å². The number of aromatic nitrogens is 2. The molecule has 0 fully saturated rings. The van der Waals surface area contributed by atoms with Gasteiger partial charge < -0.3 is 10.1 Å². The highest BCUT2D eigenvalue weighted by atomic mass is 35.5. The Morgan fingerprint density at radius 2 is 2.00 bits per heavy atom. The first-order valence-electron chi connectivity index (χ1n) is 9.39. The van der Waals surface area contributed by atoms with Crippen molar-refractivity contribution in [3.05, 3.63) is 55.9 Å². The summed E-state index contributed by atoms with van der Waals surface area (Å²) in [4.78, 5) is 42.8. The van der Waals surface area contributed by atoms with E-state index in [0.29, 0.717) is 38.0 Å². The van der Waals surface area contributed by atoms with Gasteiger partial charge in [-0.1, -0.05) is 31.5 Å². The lowest BCUT2D eigenvalue weighted by Gasteiger charge is -2.10. The zero-order chi connectivity index (χ0) is 22.0. The van der Waals surface area contributed by atoms with Crippen molar-refractivity contribution in [1.29, 1.82) is 0 Å². The van der Waals surface area contributed by atoms with Gasteiger partial charge >= 0.3 is 5.97 Å². The van der Waals surface area contributed by atoms with Crippen LogP contribution in [0, 0.1) is 19.8 Å². The van der Waals surface area contributed by atoms with Crippen molar-refractivity contribution in [2.24, 2.45) is 5.92 Å². The fraction of sp³-hybridized carbons (Fsp3) is 0.333. The maximum Gasteiger partial charge on any atom is 0.348 e. The molecule has 0 aliphatic heterocycles. The van der Waals surface area contributed by atoms with Crippen molar-refractivity contribution >= 4 is 50.7 Å². The van der Waals surface area contributed by atoms with E-state index < -0.39 is 5.97 Å². The molecule has 0 atom stereocenters. The Morgan fingerprint density at radius 3 is 2.70 bits per heavy atom. The summed E-state index contributed by atoms with van der Waals surface area (Å²) in [7, 11) is 0. The number of hydrogen-bond acceptors (Lipinski definition) is 6. The Labute approximate surface area is 182 Å². The van der Waals surface area contributed by atoms with Crippen LogP contribution in [0.15, 0.2) is 29.3 Å². The van der Waals surface area contributed by atoms with Crippen molar-refractivity contribution in [2.45, 2.75) is 34.2 Å². The number of carbonyl (C=O) groups excluding carboxylic acids is 2. The van der Waals surface area contributed by atoms with Crippen molar-refractivity contribution in [3.63, 3.8) is 0 Å². The maximum absolute atomic E-state index is 12.9. The second-order valence-electron chi connectivity index (χ2n) is 7.37.